The summed E-state index contributed by atoms with van der Waals surface area (Å²) >= 11 is 3.88. The fourth-order valence-corrected chi connectivity index (χ4v) is 4.80. The average Bonchev–Trinajstić information content (AvgIpc) is 3.06. The second kappa shape index (κ2) is 10.0. The van der Waals surface area contributed by atoms with Gasteiger partial charge in [0.1, 0.15) is 17.1 Å². The molecule has 0 saturated carbocycles. The number of carbonyl (C=O) groups is 2. The van der Waals surface area contributed by atoms with E-state index in [1.165, 1.54) is 12.1 Å². The lowest BCUT2D eigenvalue weighted by Gasteiger charge is -2.08. The van der Waals surface area contributed by atoms with Crippen LogP contribution in [0.4, 0.5) is 0 Å². The molecule has 3 aromatic rings. The summed E-state index contributed by atoms with van der Waals surface area (Å²) in [5.41, 5.74) is 6.12. The molecule has 1 amide bonds. The summed E-state index contributed by atoms with van der Waals surface area (Å²) < 4.78 is 12.4. The molecule has 0 radical (unpaired) electrons. The normalized spacial score (nSPS) is 11.1. The van der Waals surface area contributed by atoms with Gasteiger partial charge in [-0.2, -0.15) is 0 Å². The molecule has 2 aromatic carbocycles. The van der Waals surface area contributed by atoms with Crippen LogP contribution in [0.5, 0.6) is 17.2 Å². The van der Waals surface area contributed by atoms with Crippen molar-refractivity contribution in [2.45, 2.75) is 19.3 Å². The van der Waals surface area contributed by atoms with Crippen LogP contribution in [0.15, 0.2) is 28.7 Å². The number of aliphatic hydroxyl groups is 1. The highest BCUT2D eigenvalue weighted by atomic mass is 127. The van der Waals surface area contributed by atoms with Gasteiger partial charge in [0, 0.05) is 42.9 Å². The lowest BCUT2D eigenvalue weighted by atomic mass is 9.98. The number of phenols is 2. The van der Waals surface area contributed by atoms with Gasteiger partial charge in [0.25, 0.3) is 0 Å². The van der Waals surface area contributed by atoms with E-state index < -0.39 is 5.91 Å². The number of aromatic hydroxyl groups is 2. The van der Waals surface area contributed by atoms with E-state index in [2.05, 4.69) is 0 Å². The van der Waals surface area contributed by atoms with Crippen molar-refractivity contribution in [3.63, 3.8) is 0 Å². The lowest BCUT2D eigenvalue weighted by molar-refractivity contribution is -0.118. The number of halogens is 2. The zero-order valence-electron chi connectivity index (χ0n) is 16.2. The topological polar surface area (TPSA) is 143 Å². The molecular formula is C21H19I2NO7. The smallest absolute Gasteiger partial charge is 0.217 e. The minimum absolute atomic E-state index is 0.0173. The van der Waals surface area contributed by atoms with Crippen LogP contribution in [-0.4, -0.2) is 40.2 Å². The van der Waals surface area contributed by atoms with E-state index >= 15 is 0 Å². The molecule has 10 heteroatoms. The van der Waals surface area contributed by atoms with Crippen molar-refractivity contribution in [1.29, 1.82) is 0 Å². The van der Waals surface area contributed by atoms with Gasteiger partial charge in [-0.15, -0.1) is 0 Å². The number of fused-ring (bicyclic) bond motifs is 1. The second-order valence-corrected chi connectivity index (χ2v) is 9.05. The van der Waals surface area contributed by atoms with Crippen LogP contribution in [-0.2, 0) is 11.2 Å². The molecule has 0 aliphatic rings. The molecule has 1 heterocycles. The van der Waals surface area contributed by atoms with E-state index in [1.807, 2.05) is 45.2 Å². The summed E-state index contributed by atoms with van der Waals surface area (Å²) in [5.74, 6) is -0.582. The van der Waals surface area contributed by atoms with E-state index in [-0.39, 0.29) is 60.4 Å². The van der Waals surface area contributed by atoms with Gasteiger partial charge < -0.3 is 30.2 Å². The van der Waals surface area contributed by atoms with Crippen molar-refractivity contribution in [2.24, 2.45) is 5.73 Å². The maximum atomic E-state index is 13.4. The number of benzene rings is 2. The molecule has 164 valence electrons. The summed E-state index contributed by atoms with van der Waals surface area (Å²) in [6, 6.07) is 5.97. The van der Waals surface area contributed by atoms with Crippen molar-refractivity contribution < 1.29 is 34.1 Å². The predicted octanol–water partition coefficient (Wildman–Crippen LogP) is 3.46. The van der Waals surface area contributed by atoms with E-state index in [1.54, 1.807) is 12.1 Å². The first kappa shape index (κ1) is 23.6. The summed E-state index contributed by atoms with van der Waals surface area (Å²) in [7, 11) is 0. The van der Waals surface area contributed by atoms with Crippen LogP contribution < -0.4 is 10.5 Å². The monoisotopic (exact) mass is 651 g/mol. The molecular weight excluding hydrogens is 632 g/mol. The molecule has 0 unspecified atom stereocenters. The number of hydrogen-bond donors (Lipinski definition) is 4. The summed E-state index contributed by atoms with van der Waals surface area (Å²) in [6.45, 7) is 0.144. The molecule has 0 bridgehead atoms. The van der Waals surface area contributed by atoms with Crippen molar-refractivity contribution in [3.05, 3.63) is 48.3 Å². The number of aryl methyl sites for hydroxylation is 1. The third-order valence-electron chi connectivity index (χ3n) is 4.51. The third-order valence-corrected chi connectivity index (χ3v) is 6.15. The number of ether oxygens (including phenoxy) is 1. The number of amides is 1. The number of phenolic OH excluding ortho intramolecular Hbond substituents is 2. The number of hydrogen-bond acceptors (Lipinski definition) is 7. The zero-order chi connectivity index (χ0) is 22.7. The Hall–Kier alpha value is -2.06. The van der Waals surface area contributed by atoms with Gasteiger partial charge in [-0.3, -0.25) is 9.59 Å². The molecule has 0 aliphatic carbocycles. The Labute approximate surface area is 204 Å². The van der Waals surface area contributed by atoms with Crippen molar-refractivity contribution in [2.75, 3.05) is 13.2 Å². The highest BCUT2D eigenvalue weighted by molar-refractivity contribution is 14.1. The Balaban J connectivity index is 2.12. The molecule has 8 nitrogen and oxygen atoms in total. The molecule has 0 saturated heterocycles. The van der Waals surface area contributed by atoms with E-state index in [0.717, 1.165) is 0 Å². The Bertz CT molecular complexity index is 1130. The van der Waals surface area contributed by atoms with Crippen LogP contribution >= 0.6 is 45.2 Å². The fourth-order valence-electron chi connectivity index (χ4n) is 3.03. The largest absolute Gasteiger partial charge is 0.506 e. The number of primary amides is 1. The molecule has 5 N–H and O–H groups in total. The average molecular weight is 651 g/mol. The van der Waals surface area contributed by atoms with Gasteiger partial charge >= 0.3 is 0 Å². The van der Waals surface area contributed by atoms with E-state index in [9.17, 15) is 19.8 Å². The number of ketones is 1. The van der Waals surface area contributed by atoms with Gasteiger partial charge in [0.05, 0.1) is 19.3 Å². The van der Waals surface area contributed by atoms with Gasteiger partial charge in [-0.05, 0) is 63.4 Å². The number of aliphatic hydroxyl groups excluding tert-OH is 1. The van der Waals surface area contributed by atoms with Crippen LogP contribution in [0.2, 0.25) is 0 Å². The Morgan fingerprint density at radius 3 is 2.39 bits per heavy atom. The Kier molecular flexibility index (Phi) is 7.64. The number of rotatable bonds is 9. The van der Waals surface area contributed by atoms with Gasteiger partial charge in [-0.1, -0.05) is 0 Å². The molecule has 0 spiro atoms. The van der Waals surface area contributed by atoms with Crippen molar-refractivity contribution in [1.82, 2.24) is 0 Å². The number of nitrogens with two attached hydrogens (primary N) is 1. The predicted molar refractivity (Wildman–Crippen MR) is 130 cm³/mol. The zero-order valence-corrected chi connectivity index (χ0v) is 20.5. The summed E-state index contributed by atoms with van der Waals surface area (Å²) in [6.07, 6.45) is 0.483. The number of carbonyl (C=O) groups excluding carboxylic acids is 2. The van der Waals surface area contributed by atoms with E-state index in [0.29, 0.717) is 30.1 Å². The summed E-state index contributed by atoms with van der Waals surface area (Å²) in [4.78, 5) is 24.7. The number of furan rings is 1. The third kappa shape index (κ3) is 5.23. The van der Waals surface area contributed by atoms with Crippen LogP contribution in [0, 0.1) is 7.14 Å². The highest BCUT2D eigenvalue weighted by Crippen LogP contribution is 2.38. The van der Waals surface area contributed by atoms with Crippen molar-refractivity contribution >= 4 is 67.8 Å². The molecule has 1 aromatic heterocycles. The standard InChI is InChI=1S/C21H19I2NO7/c22-12-6-10(7-13(23)21(12)29)20(28)19-11-8-14(26)17(30-5-1-4-25)9-16(11)31-15(19)2-3-18(24)27/h6-9,25-26,29H,1-5H2,(H2,24,27). The van der Waals surface area contributed by atoms with Crippen LogP contribution in [0.1, 0.15) is 34.5 Å². The second-order valence-electron chi connectivity index (χ2n) is 6.73. The van der Waals surface area contributed by atoms with Gasteiger partial charge in [-0.25, -0.2) is 0 Å². The van der Waals surface area contributed by atoms with Gasteiger partial charge in [0.15, 0.2) is 17.3 Å². The Morgan fingerprint density at radius 1 is 1.10 bits per heavy atom. The first-order chi connectivity index (χ1) is 14.7. The van der Waals surface area contributed by atoms with Crippen molar-refractivity contribution in [3.8, 4) is 17.2 Å². The Morgan fingerprint density at radius 2 is 1.77 bits per heavy atom. The van der Waals surface area contributed by atoms with Gasteiger partial charge in [0.2, 0.25) is 5.91 Å². The quantitative estimate of drug-likeness (QED) is 0.158. The molecule has 0 fully saturated rings. The maximum absolute atomic E-state index is 13.4. The first-order valence-electron chi connectivity index (χ1n) is 9.26. The lowest BCUT2D eigenvalue weighted by Crippen LogP contribution is -2.12. The van der Waals surface area contributed by atoms with Crippen LogP contribution in [0.3, 0.4) is 0 Å². The highest BCUT2D eigenvalue weighted by Gasteiger charge is 2.25. The minimum Gasteiger partial charge on any atom is -0.506 e. The molecule has 0 atom stereocenters. The van der Waals surface area contributed by atoms with E-state index in [4.69, 9.17) is 20.0 Å². The fraction of sp³-hybridized carbons (Fsp3) is 0.238. The molecule has 0 aliphatic heterocycles. The SMILES string of the molecule is NC(=O)CCc1oc2cc(OCCCO)c(O)cc2c1C(=O)c1cc(I)c(O)c(I)c1. The summed E-state index contributed by atoms with van der Waals surface area (Å²) in [5, 5.41) is 29.7. The first-order valence-corrected chi connectivity index (χ1v) is 11.4. The molecule has 31 heavy (non-hydrogen) atoms. The van der Waals surface area contributed by atoms with Crippen LogP contribution in [0.25, 0.3) is 11.0 Å². The molecule has 3 rings (SSSR count). The minimum atomic E-state index is -0.538. The maximum Gasteiger partial charge on any atom is 0.217 e.